The summed E-state index contributed by atoms with van der Waals surface area (Å²) >= 11 is 0. The van der Waals surface area contributed by atoms with E-state index in [1.54, 1.807) is 18.5 Å². The Morgan fingerprint density at radius 2 is 2.00 bits per heavy atom. The van der Waals surface area contributed by atoms with Crippen molar-refractivity contribution in [1.29, 1.82) is 21.2 Å². The van der Waals surface area contributed by atoms with Crippen LogP contribution in [0.2, 0.25) is 0 Å². The van der Waals surface area contributed by atoms with Crippen LogP contribution >= 0.6 is 0 Å². The van der Waals surface area contributed by atoms with Crippen LogP contribution in [-0.4, -0.2) is 10.7 Å². The summed E-state index contributed by atoms with van der Waals surface area (Å²) in [6, 6.07) is 9.86. The molecule has 3 rings (SSSR count). The van der Waals surface area contributed by atoms with Gasteiger partial charge in [-0.05, 0) is 42.4 Å². The van der Waals surface area contributed by atoms with Gasteiger partial charge in [0.15, 0.2) is 5.41 Å². The Bertz CT molecular complexity index is 787. The summed E-state index contributed by atoms with van der Waals surface area (Å²) in [5, 5.41) is 37.5. The van der Waals surface area contributed by atoms with Crippen molar-refractivity contribution in [3.05, 3.63) is 41.2 Å². The Morgan fingerprint density at radius 3 is 2.61 bits per heavy atom. The van der Waals surface area contributed by atoms with Crippen LogP contribution in [0.3, 0.4) is 0 Å². The Morgan fingerprint density at radius 1 is 1.22 bits per heavy atom. The number of nitrogens with zero attached hydrogens (tertiary/aromatic N) is 4. The van der Waals surface area contributed by atoms with Crippen molar-refractivity contribution < 1.29 is 0 Å². The van der Waals surface area contributed by atoms with E-state index in [0.29, 0.717) is 0 Å². The number of nitrogens with one attached hydrogen (secondary N) is 1. The van der Waals surface area contributed by atoms with E-state index in [2.05, 4.69) is 23.2 Å². The lowest BCUT2D eigenvalue weighted by Crippen LogP contribution is -2.45. The zero-order valence-corrected chi connectivity index (χ0v) is 12.6. The molecule has 2 aliphatic rings. The van der Waals surface area contributed by atoms with Crippen molar-refractivity contribution in [2.45, 2.75) is 31.6 Å². The number of nitriles is 3. The standard InChI is InChI=1S/C18H15N5/c19-8-15-13-5-1-2-6-14(13)16(12-4-3-7-23-9-12)18(10-20,11-21)17(15)22/h3-4,7,9,14,16,22H,1-2,5-6H2. The molecule has 5 nitrogen and oxygen atoms in total. The minimum absolute atomic E-state index is 0.0454. The number of fused-ring (bicyclic) bond motifs is 1. The van der Waals surface area contributed by atoms with E-state index in [9.17, 15) is 15.8 Å². The van der Waals surface area contributed by atoms with Crippen molar-refractivity contribution in [1.82, 2.24) is 4.98 Å². The van der Waals surface area contributed by atoms with Gasteiger partial charge >= 0.3 is 0 Å². The molecule has 0 saturated heterocycles. The molecule has 0 amide bonds. The van der Waals surface area contributed by atoms with Gasteiger partial charge in [0.25, 0.3) is 0 Å². The van der Waals surface area contributed by atoms with Crippen LogP contribution in [0.5, 0.6) is 0 Å². The Hall–Kier alpha value is -2.97. The molecule has 1 N–H and O–H groups in total. The maximum atomic E-state index is 9.78. The summed E-state index contributed by atoms with van der Waals surface area (Å²) in [5.74, 6) is -0.484. The number of aromatic nitrogens is 1. The molecule has 0 aromatic carbocycles. The lowest BCUT2D eigenvalue weighted by molar-refractivity contribution is 0.321. The molecule has 2 unspecified atom stereocenters. The number of pyridine rings is 1. The second-order valence-electron chi connectivity index (χ2n) is 6.03. The van der Waals surface area contributed by atoms with Crippen LogP contribution < -0.4 is 0 Å². The van der Waals surface area contributed by atoms with Crippen LogP contribution in [0.25, 0.3) is 0 Å². The van der Waals surface area contributed by atoms with Crippen LogP contribution in [0.4, 0.5) is 0 Å². The number of rotatable bonds is 1. The van der Waals surface area contributed by atoms with E-state index < -0.39 is 11.3 Å². The minimum Gasteiger partial charge on any atom is -0.301 e. The maximum Gasteiger partial charge on any atom is 0.193 e. The van der Waals surface area contributed by atoms with Crippen molar-refractivity contribution >= 4 is 5.71 Å². The fourth-order valence-corrected chi connectivity index (χ4v) is 3.98. The summed E-state index contributed by atoms with van der Waals surface area (Å²) in [4.78, 5) is 4.13. The summed E-state index contributed by atoms with van der Waals surface area (Å²) in [6.07, 6.45) is 6.90. The van der Waals surface area contributed by atoms with Crippen molar-refractivity contribution in [3.8, 4) is 18.2 Å². The van der Waals surface area contributed by atoms with Gasteiger partial charge in [0.1, 0.15) is 6.07 Å². The third kappa shape index (κ3) is 2.04. The highest BCUT2D eigenvalue weighted by atomic mass is 14.7. The molecule has 1 aromatic rings. The van der Waals surface area contributed by atoms with E-state index in [0.717, 1.165) is 36.8 Å². The Labute approximate surface area is 135 Å². The predicted molar refractivity (Wildman–Crippen MR) is 83.0 cm³/mol. The average molecular weight is 301 g/mol. The third-order valence-electron chi connectivity index (χ3n) is 5.00. The lowest BCUT2D eigenvalue weighted by Gasteiger charge is -2.43. The van der Waals surface area contributed by atoms with Gasteiger partial charge in [-0.3, -0.25) is 4.98 Å². The van der Waals surface area contributed by atoms with Crippen LogP contribution in [0.1, 0.15) is 37.2 Å². The first-order valence-electron chi connectivity index (χ1n) is 7.64. The van der Waals surface area contributed by atoms with Gasteiger partial charge in [0.2, 0.25) is 0 Å². The van der Waals surface area contributed by atoms with Crippen LogP contribution in [0, 0.1) is 50.7 Å². The molecule has 112 valence electrons. The monoisotopic (exact) mass is 301 g/mol. The molecule has 0 bridgehead atoms. The van der Waals surface area contributed by atoms with Crippen molar-refractivity contribution in [2.75, 3.05) is 0 Å². The Kier molecular flexibility index (Phi) is 3.68. The third-order valence-corrected chi connectivity index (χ3v) is 5.00. The molecule has 1 heterocycles. The summed E-state index contributed by atoms with van der Waals surface area (Å²) in [5.41, 5.74) is 0.213. The van der Waals surface area contributed by atoms with E-state index in [1.807, 2.05) is 6.07 Å². The number of hydrogen-bond donors (Lipinski definition) is 1. The molecule has 0 radical (unpaired) electrons. The van der Waals surface area contributed by atoms with Gasteiger partial charge in [-0.1, -0.05) is 12.5 Å². The molecule has 2 atom stereocenters. The topological polar surface area (TPSA) is 108 Å². The zero-order valence-electron chi connectivity index (χ0n) is 12.6. The van der Waals surface area contributed by atoms with E-state index in [4.69, 9.17) is 5.41 Å². The first-order chi connectivity index (χ1) is 11.2. The molecule has 1 saturated carbocycles. The van der Waals surface area contributed by atoms with Gasteiger partial charge in [0, 0.05) is 18.3 Å². The summed E-state index contributed by atoms with van der Waals surface area (Å²) in [6.45, 7) is 0. The normalized spacial score (nSPS) is 25.7. The van der Waals surface area contributed by atoms with Crippen LogP contribution in [-0.2, 0) is 0 Å². The molecular formula is C18H15N5. The molecule has 1 fully saturated rings. The number of allylic oxidation sites excluding steroid dienone is 2. The second-order valence-corrected chi connectivity index (χ2v) is 6.03. The van der Waals surface area contributed by atoms with Gasteiger partial charge in [-0.15, -0.1) is 0 Å². The predicted octanol–water partition coefficient (Wildman–Crippen LogP) is 3.24. The highest BCUT2D eigenvalue weighted by molar-refractivity contribution is 6.11. The van der Waals surface area contributed by atoms with Gasteiger partial charge in [0.05, 0.1) is 23.4 Å². The molecular weight excluding hydrogens is 286 g/mol. The largest absolute Gasteiger partial charge is 0.301 e. The first-order valence-corrected chi connectivity index (χ1v) is 7.64. The van der Waals surface area contributed by atoms with E-state index >= 15 is 0 Å². The lowest BCUT2D eigenvalue weighted by atomic mass is 9.55. The van der Waals surface area contributed by atoms with Crippen LogP contribution in [0.15, 0.2) is 35.7 Å². The van der Waals surface area contributed by atoms with Gasteiger partial charge in [-0.2, -0.15) is 15.8 Å². The molecule has 23 heavy (non-hydrogen) atoms. The Balaban J connectivity index is 2.29. The first kappa shape index (κ1) is 14.9. The second kappa shape index (κ2) is 5.67. The summed E-state index contributed by atoms with van der Waals surface area (Å²) in [7, 11) is 0. The zero-order chi connectivity index (χ0) is 16.4. The number of hydrogen-bond acceptors (Lipinski definition) is 5. The quantitative estimate of drug-likeness (QED) is 0.858. The van der Waals surface area contributed by atoms with E-state index in [1.165, 1.54) is 0 Å². The minimum atomic E-state index is -1.63. The fraction of sp³-hybridized carbons (Fsp3) is 0.389. The smallest absolute Gasteiger partial charge is 0.193 e. The highest BCUT2D eigenvalue weighted by Crippen LogP contribution is 2.54. The van der Waals surface area contributed by atoms with Crippen molar-refractivity contribution in [2.24, 2.45) is 11.3 Å². The molecule has 0 spiro atoms. The molecule has 0 aliphatic heterocycles. The SMILES string of the molecule is N#CC1=C2CCCCC2C(c2cccnc2)C(C#N)(C#N)C1=N. The molecule has 5 heteroatoms. The van der Waals surface area contributed by atoms with Crippen molar-refractivity contribution in [3.63, 3.8) is 0 Å². The average Bonchev–Trinajstić information content (AvgIpc) is 2.61. The molecule has 2 aliphatic carbocycles. The summed E-state index contributed by atoms with van der Waals surface area (Å²) < 4.78 is 0. The molecule has 1 aromatic heterocycles. The highest BCUT2D eigenvalue weighted by Gasteiger charge is 2.54. The van der Waals surface area contributed by atoms with E-state index in [-0.39, 0.29) is 17.2 Å². The van der Waals surface area contributed by atoms with Gasteiger partial charge < -0.3 is 5.41 Å². The fourth-order valence-electron chi connectivity index (χ4n) is 3.98. The maximum absolute atomic E-state index is 9.78. The van der Waals surface area contributed by atoms with Gasteiger partial charge in [-0.25, -0.2) is 0 Å².